The van der Waals surface area contributed by atoms with Crippen molar-refractivity contribution < 1.29 is 5.11 Å². The van der Waals surface area contributed by atoms with Crippen molar-refractivity contribution in [1.82, 2.24) is 0 Å². The SMILES string of the molecule is CC(C)=CCC1=C(O)CCCC1. The lowest BCUT2D eigenvalue weighted by molar-refractivity contribution is 0.357. The molecule has 0 aromatic rings. The topological polar surface area (TPSA) is 20.2 Å². The van der Waals surface area contributed by atoms with E-state index in [9.17, 15) is 5.11 Å². The molecule has 0 aliphatic heterocycles. The lowest BCUT2D eigenvalue weighted by Gasteiger charge is -2.14. The van der Waals surface area contributed by atoms with Gasteiger partial charge in [-0.15, -0.1) is 0 Å². The molecule has 0 bridgehead atoms. The molecule has 1 heteroatoms. The minimum Gasteiger partial charge on any atom is -0.512 e. The van der Waals surface area contributed by atoms with Crippen molar-refractivity contribution in [3.63, 3.8) is 0 Å². The van der Waals surface area contributed by atoms with Crippen LogP contribution in [0.15, 0.2) is 23.0 Å². The normalized spacial score (nSPS) is 17.8. The lowest BCUT2D eigenvalue weighted by Crippen LogP contribution is -1.98. The van der Waals surface area contributed by atoms with E-state index in [4.69, 9.17) is 0 Å². The fourth-order valence-electron chi connectivity index (χ4n) is 1.50. The predicted octanol–water partition coefficient (Wildman–Crippen LogP) is 3.73. The first-order valence-electron chi connectivity index (χ1n) is 4.73. The third kappa shape index (κ3) is 2.72. The Balaban J connectivity index is 2.55. The summed E-state index contributed by atoms with van der Waals surface area (Å²) in [4.78, 5) is 0. The highest BCUT2D eigenvalue weighted by Gasteiger charge is 2.09. The second kappa shape index (κ2) is 4.34. The molecule has 0 amide bonds. The summed E-state index contributed by atoms with van der Waals surface area (Å²) >= 11 is 0. The van der Waals surface area contributed by atoms with Gasteiger partial charge in [0.2, 0.25) is 0 Å². The fourth-order valence-corrected chi connectivity index (χ4v) is 1.50. The Morgan fingerprint density at radius 3 is 2.58 bits per heavy atom. The van der Waals surface area contributed by atoms with Crippen LogP contribution in [-0.2, 0) is 0 Å². The van der Waals surface area contributed by atoms with Crippen molar-refractivity contribution in [3.8, 4) is 0 Å². The van der Waals surface area contributed by atoms with Gasteiger partial charge >= 0.3 is 0 Å². The minimum atomic E-state index is 0.652. The van der Waals surface area contributed by atoms with Crippen LogP contribution in [0.25, 0.3) is 0 Å². The van der Waals surface area contributed by atoms with Gasteiger partial charge in [-0.1, -0.05) is 11.6 Å². The largest absolute Gasteiger partial charge is 0.512 e. The van der Waals surface area contributed by atoms with E-state index < -0.39 is 0 Å². The van der Waals surface area contributed by atoms with Crippen LogP contribution in [0, 0.1) is 0 Å². The zero-order valence-electron chi connectivity index (χ0n) is 8.06. The summed E-state index contributed by atoms with van der Waals surface area (Å²) in [5, 5.41) is 9.53. The molecular weight excluding hydrogens is 148 g/mol. The summed E-state index contributed by atoms with van der Waals surface area (Å²) in [5.74, 6) is 0.652. The third-order valence-corrected chi connectivity index (χ3v) is 2.31. The zero-order valence-corrected chi connectivity index (χ0v) is 8.06. The fraction of sp³-hybridized carbons (Fsp3) is 0.636. The smallest absolute Gasteiger partial charge is 0.0917 e. The molecule has 12 heavy (non-hydrogen) atoms. The Kier molecular flexibility index (Phi) is 3.39. The molecule has 1 N–H and O–H groups in total. The maximum atomic E-state index is 9.53. The Bertz CT molecular complexity index is 207. The van der Waals surface area contributed by atoms with E-state index in [1.807, 2.05) is 0 Å². The van der Waals surface area contributed by atoms with Crippen molar-refractivity contribution in [2.24, 2.45) is 0 Å². The monoisotopic (exact) mass is 166 g/mol. The van der Waals surface area contributed by atoms with E-state index in [1.165, 1.54) is 17.6 Å². The van der Waals surface area contributed by atoms with Crippen molar-refractivity contribution in [2.45, 2.75) is 46.0 Å². The van der Waals surface area contributed by atoms with Crippen molar-refractivity contribution in [3.05, 3.63) is 23.0 Å². The highest BCUT2D eigenvalue weighted by atomic mass is 16.3. The molecule has 0 unspecified atom stereocenters. The summed E-state index contributed by atoms with van der Waals surface area (Å²) < 4.78 is 0. The minimum absolute atomic E-state index is 0.652. The molecule has 1 nitrogen and oxygen atoms in total. The van der Waals surface area contributed by atoms with E-state index in [0.29, 0.717) is 5.76 Å². The highest BCUT2D eigenvalue weighted by molar-refractivity contribution is 5.15. The Labute approximate surface area is 74.8 Å². The van der Waals surface area contributed by atoms with Gasteiger partial charge in [-0.25, -0.2) is 0 Å². The zero-order chi connectivity index (χ0) is 8.97. The van der Waals surface area contributed by atoms with Crippen LogP contribution in [0.5, 0.6) is 0 Å². The van der Waals surface area contributed by atoms with Crippen LogP contribution in [0.4, 0.5) is 0 Å². The first-order valence-corrected chi connectivity index (χ1v) is 4.73. The van der Waals surface area contributed by atoms with E-state index in [0.717, 1.165) is 25.7 Å². The second-order valence-corrected chi connectivity index (χ2v) is 3.74. The van der Waals surface area contributed by atoms with Gasteiger partial charge in [-0.05, 0) is 45.1 Å². The first-order chi connectivity index (χ1) is 5.70. The Hall–Kier alpha value is -0.720. The van der Waals surface area contributed by atoms with E-state index in [1.54, 1.807) is 0 Å². The molecule has 0 saturated carbocycles. The van der Waals surface area contributed by atoms with Crippen LogP contribution in [0.2, 0.25) is 0 Å². The summed E-state index contributed by atoms with van der Waals surface area (Å²) in [5.41, 5.74) is 2.59. The quantitative estimate of drug-likeness (QED) is 0.620. The van der Waals surface area contributed by atoms with Gasteiger partial charge < -0.3 is 5.11 Å². The predicted molar refractivity (Wildman–Crippen MR) is 52.2 cm³/mol. The molecule has 0 atom stereocenters. The molecule has 0 spiro atoms. The number of hydrogen-bond donors (Lipinski definition) is 1. The number of hydrogen-bond acceptors (Lipinski definition) is 1. The van der Waals surface area contributed by atoms with Crippen LogP contribution in [-0.4, -0.2) is 5.11 Å². The molecule has 0 fully saturated rings. The summed E-state index contributed by atoms with van der Waals surface area (Å²) in [6.45, 7) is 4.20. The average Bonchev–Trinajstić information content (AvgIpc) is 2.03. The second-order valence-electron chi connectivity index (χ2n) is 3.74. The van der Waals surface area contributed by atoms with Gasteiger partial charge in [0.25, 0.3) is 0 Å². The summed E-state index contributed by atoms with van der Waals surface area (Å²) in [6.07, 6.45) is 7.53. The summed E-state index contributed by atoms with van der Waals surface area (Å²) in [7, 11) is 0. The molecule has 0 radical (unpaired) electrons. The average molecular weight is 166 g/mol. The van der Waals surface area contributed by atoms with Gasteiger partial charge in [0.05, 0.1) is 5.76 Å². The van der Waals surface area contributed by atoms with Gasteiger partial charge in [0.1, 0.15) is 0 Å². The molecule has 1 aliphatic carbocycles. The standard InChI is InChI=1S/C11H18O/c1-9(2)7-8-10-5-3-4-6-11(10)12/h7,12H,3-6,8H2,1-2H3. The van der Waals surface area contributed by atoms with Crippen LogP contribution >= 0.6 is 0 Å². The molecule has 0 saturated heterocycles. The van der Waals surface area contributed by atoms with Crippen molar-refractivity contribution >= 4 is 0 Å². The number of aliphatic hydroxyl groups is 1. The number of rotatable bonds is 2. The molecule has 0 aromatic carbocycles. The Morgan fingerprint density at radius 1 is 1.33 bits per heavy atom. The van der Waals surface area contributed by atoms with Gasteiger partial charge in [-0.3, -0.25) is 0 Å². The third-order valence-electron chi connectivity index (χ3n) is 2.31. The molecule has 68 valence electrons. The molecule has 1 rings (SSSR count). The van der Waals surface area contributed by atoms with Crippen molar-refractivity contribution in [1.29, 1.82) is 0 Å². The molecule has 1 aliphatic rings. The maximum absolute atomic E-state index is 9.53. The lowest BCUT2D eigenvalue weighted by atomic mass is 9.95. The van der Waals surface area contributed by atoms with Gasteiger partial charge in [-0.2, -0.15) is 0 Å². The van der Waals surface area contributed by atoms with Crippen molar-refractivity contribution in [2.75, 3.05) is 0 Å². The maximum Gasteiger partial charge on any atom is 0.0917 e. The summed E-state index contributed by atoms with van der Waals surface area (Å²) in [6, 6.07) is 0. The van der Waals surface area contributed by atoms with Gasteiger partial charge in [0, 0.05) is 6.42 Å². The molecular formula is C11H18O. The van der Waals surface area contributed by atoms with E-state index in [-0.39, 0.29) is 0 Å². The van der Waals surface area contributed by atoms with Gasteiger partial charge in [0.15, 0.2) is 0 Å². The number of aliphatic hydroxyl groups excluding tert-OH is 1. The van der Waals surface area contributed by atoms with Crippen LogP contribution in [0.1, 0.15) is 46.0 Å². The van der Waals surface area contributed by atoms with E-state index in [2.05, 4.69) is 19.9 Å². The molecule has 0 aromatic heterocycles. The van der Waals surface area contributed by atoms with E-state index >= 15 is 0 Å². The highest BCUT2D eigenvalue weighted by Crippen LogP contribution is 2.25. The first kappa shape index (κ1) is 9.37. The number of allylic oxidation sites excluding steroid dienone is 4. The van der Waals surface area contributed by atoms with Crippen LogP contribution in [0.3, 0.4) is 0 Å². The van der Waals surface area contributed by atoms with Crippen LogP contribution < -0.4 is 0 Å². The molecule has 0 heterocycles. The Morgan fingerprint density at radius 2 is 2.00 bits per heavy atom.